The number of carbonyl (C=O) groups excluding carboxylic acids is 2. The van der Waals surface area contributed by atoms with Crippen LogP contribution in [0.5, 0.6) is 5.75 Å². The van der Waals surface area contributed by atoms with Crippen LogP contribution in [0.3, 0.4) is 0 Å². The zero-order chi connectivity index (χ0) is 23.6. The molecule has 1 amide bonds. The molecule has 1 unspecified atom stereocenters. The summed E-state index contributed by atoms with van der Waals surface area (Å²) in [6.45, 7) is 2.25. The Hall–Kier alpha value is -4.46. The predicted molar refractivity (Wildman–Crippen MR) is 124 cm³/mol. The normalized spacial score (nSPS) is 11.5. The van der Waals surface area contributed by atoms with Gasteiger partial charge in [0.2, 0.25) is 6.10 Å². The molecule has 8 heteroatoms. The number of nitro groups is 1. The van der Waals surface area contributed by atoms with Gasteiger partial charge >= 0.3 is 5.97 Å². The fraction of sp³-hybridized carbons (Fsp3) is 0.120. The highest BCUT2D eigenvalue weighted by atomic mass is 16.6. The van der Waals surface area contributed by atoms with Crippen molar-refractivity contribution in [3.63, 3.8) is 0 Å². The van der Waals surface area contributed by atoms with Crippen molar-refractivity contribution in [3.05, 3.63) is 106 Å². The molecule has 1 N–H and O–H groups in total. The number of carbonyl (C=O) groups is 2. The van der Waals surface area contributed by atoms with Gasteiger partial charge in [-0.3, -0.25) is 14.9 Å². The molecular formula is C25H22N2O6. The Morgan fingerprint density at radius 3 is 2.39 bits per heavy atom. The van der Waals surface area contributed by atoms with Crippen LogP contribution in [0.15, 0.2) is 84.9 Å². The largest absolute Gasteiger partial charge is 0.492 e. The number of ether oxygens (including phenoxy) is 2. The van der Waals surface area contributed by atoms with Gasteiger partial charge < -0.3 is 14.8 Å². The highest BCUT2D eigenvalue weighted by molar-refractivity contribution is 5.98. The van der Waals surface area contributed by atoms with E-state index in [4.69, 9.17) is 9.47 Å². The van der Waals surface area contributed by atoms with Crippen molar-refractivity contribution in [1.29, 1.82) is 0 Å². The van der Waals surface area contributed by atoms with Crippen molar-refractivity contribution in [3.8, 4) is 5.75 Å². The fourth-order valence-corrected chi connectivity index (χ4v) is 3.06. The number of hydrogen-bond acceptors (Lipinski definition) is 6. The third-order valence-electron chi connectivity index (χ3n) is 4.55. The highest BCUT2D eigenvalue weighted by Gasteiger charge is 2.25. The summed E-state index contributed by atoms with van der Waals surface area (Å²) in [5, 5.41) is 13.9. The number of esters is 1. The van der Waals surface area contributed by atoms with Crippen LogP contribution in [0.1, 0.15) is 24.2 Å². The first kappa shape index (κ1) is 23.2. The lowest BCUT2D eigenvalue weighted by molar-refractivity contribution is -0.385. The van der Waals surface area contributed by atoms with Gasteiger partial charge in [-0.2, -0.15) is 0 Å². The lowest BCUT2D eigenvalue weighted by Gasteiger charge is -2.18. The Kier molecular flexibility index (Phi) is 7.91. The Labute approximate surface area is 190 Å². The molecule has 0 heterocycles. The molecule has 0 aliphatic heterocycles. The third kappa shape index (κ3) is 6.27. The minimum Gasteiger partial charge on any atom is -0.492 e. The van der Waals surface area contributed by atoms with E-state index in [0.29, 0.717) is 23.6 Å². The molecule has 0 aromatic heterocycles. The van der Waals surface area contributed by atoms with Crippen LogP contribution in [-0.4, -0.2) is 23.4 Å². The molecule has 0 fully saturated rings. The van der Waals surface area contributed by atoms with Crippen LogP contribution in [0.25, 0.3) is 6.08 Å². The van der Waals surface area contributed by atoms with E-state index in [1.165, 1.54) is 24.3 Å². The Morgan fingerprint density at radius 2 is 1.67 bits per heavy atom. The zero-order valence-corrected chi connectivity index (χ0v) is 17.8. The zero-order valence-electron chi connectivity index (χ0n) is 17.8. The van der Waals surface area contributed by atoms with Gasteiger partial charge in [-0.25, -0.2) is 4.79 Å². The van der Waals surface area contributed by atoms with Gasteiger partial charge in [0.1, 0.15) is 5.75 Å². The maximum absolute atomic E-state index is 13.1. The molecule has 1 atom stereocenters. The van der Waals surface area contributed by atoms with E-state index < -0.39 is 22.9 Å². The van der Waals surface area contributed by atoms with E-state index in [-0.39, 0.29) is 11.3 Å². The van der Waals surface area contributed by atoms with Crippen LogP contribution in [-0.2, 0) is 14.3 Å². The molecule has 168 valence electrons. The number of rotatable bonds is 9. The molecule has 3 rings (SSSR count). The average Bonchev–Trinajstić information content (AvgIpc) is 2.83. The summed E-state index contributed by atoms with van der Waals surface area (Å²) in [6, 6.07) is 21.5. The van der Waals surface area contributed by atoms with Crippen molar-refractivity contribution in [2.24, 2.45) is 0 Å². The maximum Gasteiger partial charge on any atom is 0.331 e. The topological polar surface area (TPSA) is 108 Å². The van der Waals surface area contributed by atoms with E-state index in [1.54, 1.807) is 60.7 Å². The number of nitro benzene ring substituents is 1. The summed E-state index contributed by atoms with van der Waals surface area (Å²) >= 11 is 0. The second-order valence-corrected chi connectivity index (χ2v) is 6.80. The highest BCUT2D eigenvalue weighted by Crippen LogP contribution is 2.27. The Morgan fingerprint density at radius 1 is 1.00 bits per heavy atom. The van der Waals surface area contributed by atoms with Crippen LogP contribution in [0.4, 0.5) is 11.4 Å². The number of nitrogens with one attached hydrogen (secondary N) is 1. The molecule has 0 radical (unpaired) electrons. The smallest absolute Gasteiger partial charge is 0.331 e. The number of para-hydroxylation sites is 3. The van der Waals surface area contributed by atoms with Crippen molar-refractivity contribution in [2.45, 2.75) is 13.0 Å². The van der Waals surface area contributed by atoms with E-state index in [1.807, 2.05) is 6.92 Å². The monoisotopic (exact) mass is 446 g/mol. The molecule has 0 bridgehead atoms. The van der Waals surface area contributed by atoms with Crippen molar-refractivity contribution in [2.75, 3.05) is 11.9 Å². The Balaban J connectivity index is 1.81. The van der Waals surface area contributed by atoms with Crippen molar-refractivity contribution < 1.29 is 24.0 Å². The summed E-state index contributed by atoms with van der Waals surface area (Å²) in [4.78, 5) is 36.2. The summed E-state index contributed by atoms with van der Waals surface area (Å²) < 4.78 is 11.0. The molecular weight excluding hydrogens is 424 g/mol. The fourth-order valence-electron chi connectivity index (χ4n) is 3.06. The predicted octanol–water partition coefficient (Wildman–Crippen LogP) is 4.93. The first-order valence-corrected chi connectivity index (χ1v) is 10.2. The first-order chi connectivity index (χ1) is 16.0. The third-order valence-corrected chi connectivity index (χ3v) is 4.55. The molecule has 3 aromatic carbocycles. The van der Waals surface area contributed by atoms with E-state index in [0.717, 1.165) is 6.08 Å². The molecule has 8 nitrogen and oxygen atoms in total. The number of hydrogen-bond donors (Lipinski definition) is 1. The quantitative estimate of drug-likeness (QED) is 0.216. The Bertz CT molecular complexity index is 1160. The molecule has 0 aliphatic carbocycles. The molecule has 33 heavy (non-hydrogen) atoms. The van der Waals surface area contributed by atoms with E-state index in [9.17, 15) is 19.7 Å². The number of anilines is 1. The molecule has 0 saturated heterocycles. The second-order valence-electron chi connectivity index (χ2n) is 6.80. The van der Waals surface area contributed by atoms with Crippen molar-refractivity contribution >= 4 is 29.3 Å². The molecule has 0 saturated carbocycles. The average molecular weight is 446 g/mol. The maximum atomic E-state index is 13.1. The van der Waals surface area contributed by atoms with Gasteiger partial charge in [0.15, 0.2) is 0 Å². The lowest BCUT2D eigenvalue weighted by atomic mass is 10.1. The van der Waals surface area contributed by atoms with Gasteiger partial charge in [-0.1, -0.05) is 54.6 Å². The standard InChI is InChI=1S/C25H22N2O6/c1-2-32-22-15-9-7-13-20(22)26-25(29)24(19-11-4-3-5-12-19)33-23(28)17-16-18-10-6-8-14-21(18)27(30)31/h3-17,24H,2H2,1H3,(H,26,29)/b17-16+. The summed E-state index contributed by atoms with van der Waals surface area (Å²) in [7, 11) is 0. The van der Waals surface area contributed by atoms with Crippen LogP contribution in [0, 0.1) is 10.1 Å². The number of benzene rings is 3. The number of amides is 1. The van der Waals surface area contributed by atoms with Crippen LogP contribution >= 0.6 is 0 Å². The lowest BCUT2D eigenvalue weighted by Crippen LogP contribution is -2.25. The molecule has 0 spiro atoms. The summed E-state index contributed by atoms with van der Waals surface area (Å²) in [5.41, 5.74) is 1.00. The van der Waals surface area contributed by atoms with Gasteiger partial charge in [-0.05, 0) is 31.2 Å². The minimum absolute atomic E-state index is 0.147. The van der Waals surface area contributed by atoms with Crippen molar-refractivity contribution in [1.82, 2.24) is 0 Å². The van der Waals surface area contributed by atoms with Gasteiger partial charge in [0.05, 0.1) is 22.8 Å². The minimum atomic E-state index is -1.25. The van der Waals surface area contributed by atoms with Gasteiger partial charge in [0.25, 0.3) is 11.6 Å². The first-order valence-electron chi connectivity index (χ1n) is 10.2. The summed E-state index contributed by atoms with van der Waals surface area (Å²) in [6.07, 6.45) is 1.09. The molecule has 3 aromatic rings. The summed E-state index contributed by atoms with van der Waals surface area (Å²) in [5.74, 6) is -0.904. The van der Waals surface area contributed by atoms with Crippen LogP contribution in [0.2, 0.25) is 0 Å². The van der Waals surface area contributed by atoms with Gasteiger partial charge in [-0.15, -0.1) is 0 Å². The van der Waals surface area contributed by atoms with E-state index >= 15 is 0 Å². The SMILES string of the molecule is CCOc1ccccc1NC(=O)C(OC(=O)/C=C/c1ccccc1[N+](=O)[O-])c1ccccc1. The second kappa shape index (κ2) is 11.2. The molecule has 0 aliphatic rings. The van der Waals surface area contributed by atoms with E-state index in [2.05, 4.69) is 5.32 Å². The van der Waals surface area contributed by atoms with Crippen LogP contribution < -0.4 is 10.1 Å². The van der Waals surface area contributed by atoms with Gasteiger partial charge in [0, 0.05) is 17.7 Å². The number of nitrogens with zero attached hydrogens (tertiary/aromatic N) is 1.